The zero-order chi connectivity index (χ0) is 13.5. The van der Waals surface area contributed by atoms with Gasteiger partial charge in [0.15, 0.2) is 0 Å². The third kappa shape index (κ3) is 2.07. The molecule has 0 aliphatic carbocycles. The molecule has 0 aromatic heterocycles. The molecule has 0 bridgehead atoms. The first kappa shape index (κ1) is 12.9. The molecule has 6 heteroatoms. The Balaban J connectivity index is 2.99. The number of carbonyl (C=O) groups is 1. The molecule has 0 saturated carbocycles. The minimum atomic E-state index is -3.91. The number of fused-ring (bicyclic) bond motifs is 1. The third-order valence-corrected chi connectivity index (χ3v) is 4.09. The molecule has 0 aliphatic rings. The lowest BCUT2D eigenvalue weighted by Gasteiger charge is -2.08. The van der Waals surface area contributed by atoms with Crippen molar-refractivity contribution in [1.29, 1.82) is 0 Å². The summed E-state index contributed by atoms with van der Waals surface area (Å²) < 4.78 is 22.9. The van der Waals surface area contributed by atoms with Gasteiger partial charge < -0.3 is 5.11 Å². The van der Waals surface area contributed by atoms with Crippen LogP contribution in [0, 0.1) is 6.92 Å². The molecule has 0 amide bonds. The molecular weight excluding hydrogens is 276 g/mol. The normalized spacial score (nSPS) is 11.7. The van der Waals surface area contributed by atoms with E-state index in [1.807, 2.05) is 0 Å². The Hall–Kier alpha value is -1.59. The highest BCUT2D eigenvalue weighted by atomic mass is 35.7. The van der Waals surface area contributed by atoms with Crippen molar-refractivity contribution >= 4 is 36.5 Å². The van der Waals surface area contributed by atoms with E-state index in [0.717, 1.165) is 0 Å². The van der Waals surface area contributed by atoms with E-state index >= 15 is 0 Å². The molecule has 4 nitrogen and oxygen atoms in total. The lowest BCUT2D eigenvalue weighted by molar-refractivity contribution is 0.0698. The van der Waals surface area contributed by atoms with Crippen LogP contribution in [0.1, 0.15) is 15.9 Å². The zero-order valence-corrected chi connectivity index (χ0v) is 10.9. The Bertz CT molecular complexity index is 750. The number of benzene rings is 2. The summed E-state index contributed by atoms with van der Waals surface area (Å²) in [6.07, 6.45) is 0. The highest BCUT2D eigenvalue weighted by molar-refractivity contribution is 8.14. The molecule has 2 aromatic carbocycles. The topological polar surface area (TPSA) is 71.4 Å². The number of halogens is 1. The minimum Gasteiger partial charge on any atom is -0.478 e. The number of hydrogen-bond donors (Lipinski definition) is 1. The van der Waals surface area contributed by atoms with Gasteiger partial charge in [0.25, 0.3) is 9.05 Å². The van der Waals surface area contributed by atoms with E-state index in [4.69, 9.17) is 10.7 Å². The first-order chi connectivity index (χ1) is 8.32. The molecule has 0 aliphatic heterocycles. The van der Waals surface area contributed by atoms with Crippen LogP contribution in [-0.4, -0.2) is 19.5 Å². The summed E-state index contributed by atoms with van der Waals surface area (Å²) in [4.78, 5) is 11.1. The summed E-state index contributed by atoms with van der Waals surface area (Å²) in [7, 11) is 1.43. The maximum absolute atomic E-state index is 11.4. The van der Waals surface area contributed by atoms with Crippen LogP contribution in [-0.2, 0) is 9.05 Å². The molecule has 2 aromatic rings. The molecule has 0 fully saturated rings. The third-order valence-electron chi connectivity index (χ3n) is 2.71. The number of rotatable bonds is 2. The number of carboxylic acid groups (broad SMARTS) is 1. The predicted octanol–water partition coefficient (Wildman–Crippen LogP) is 2.77. The monoisotopic (exact) mass is 284 g/mol. The average Bonchev–Trinajstić information content (AvgIpc) is 2.25. The summed E-state index contributed by atoms with van der Waals surface area (Å²) in [6.45, 7) is 1.66. The van der Waals surface area contributed by atoms with Crippen molar-refractivity contribution in [2.24, 2.45) is 0 Å². The lowest BCUT2D eigenvalue weighted by Crippen LogP contribution is -2.02. The fraction of sp³-hybridized carbons (Fsp3) is 0.0833. The number of aryl methyl sites for hydroxylation is 1. The van der Waals surface area contributed by atoms with Crippen LogP contribution in [0.15, 0.2) is 35.2 Å². The molecular formula is C12H9ClO4S. The van der Waals surface area contributed by atoms with Gasteiger partial charge in [-0.1, -0.05) is 24.3 Å². The van der Waals surface area contributed by atoms with Crippen molar-refractivity contribution in [3.8, 4) is 0 Å². The van der Waals surface area contributed by atoms with Gasteiger partial charge in [-0.2, -0.15) is 0 Å². The molecule has 0 heterocycles. The lowest BCUT2D eigenvalue weighted by atomic mass is 10.00. The van der Waals surface area contributed by atoms with E-state index in [1.54, 1.807) is 25.1 Å². The van der Waals surface area contributed by atoms with E-state index in [1.165, 1.54) is 12.1 Å². The van der Waals surface area contributed by atoms with Gasteiger partial charge in [0.1, 0.15) is 0 Å². The minimum absolute atomic E-state index is 0.0795. The Labute approximate surface area is 108 Å². The SMILES string of the molecule is Cc1ccc2c(S(=O)(=O)Cl)cccc2c1C(=O)O. The number of carboxylic acids is 1. The van der Waals surface area contributed by atoms with Crippen molar-refractivity contribution in [2.75, 3.05) is 0 Å². The van der Waals surface area contributed by atoms with Gasteiger partial charge in [0, 0.05) is 16.1 Å². The molecule has 94 valence electrons. The van der Waals surface area contributed by atoms with Crippen LogP contribution >= 0.6 is 10.7 Å². The highest BCUT2D eigenvalue weighted by Crippen LogP contribution is 2.29. The van der Waals surface area contributed by atoms with E-state index in [-0.39, 0.29) is 10.5 Å². The van der Waals surface area contributed by atoms with Crippen molar-refractivity contribution < 1.29 is 18.3 Å². The fourth-order valence-corrected chi connectivity index (χ4v) is 3.02. The molecule has 18 heavy (non-hydrogen) atoms. The van der Waals surface area contributed by atoms with Crippen LogP contribution < -0.4 is 0 Å². The zero-order valence-electron chi connectivity index (χ0n) is 9.34. The van der Waals surface area contributed by atoms with Crippen molar-refractivity contribution in [3.05, 3.63) is 41.5 Å². The van der Waals surface area contributed by atoms with E-state index in [2.05, 4.69) is 0 Å². The van der Waals surface area contributed by atoms with Gasteiger partial charge >= 0.3 is 5.97 Å². The summed E-state index contributed by atoms with van der Waals surface area (Å²) in [5.74, 6) is -1.10. The van der Waals surface area contributed by atoms with Gasteiger partial charge in [-0.15, -0.1) is 0 Å². The molecule has 0 radical (unpaired) electrons. The summed E-state index contributed by atoms with van der Waals surface area (Å²) in [5.41, 5.74) is 0.661. The van der Waals surface area contributed by atoms with Crippen molar-refractivity contribution in [3.63, 3.8) is 0 Å². The first-order valence-corrected chi connectivity index (χ1v) is 7.33. The van der Waals surface area contributed by atoms with Crippen molar-refractivity contribution in [1.82, 2.24) is 0 Å². The van der Waals surface area contributed by atoms with Crippen molar-refractivity contribution in [2.45, 2.75) is 11.8 Å². The maximum atomic E-state index is 11.4. The Kier molecular flexibility index (Phi) is 3.04. The second kappa shape index (κ2) is 4.26. The number of hydrogen-bond acceptors (Lipinski definition) is 3. The van der Waals surface area contributed by atoms with Crippen LogP contribution in [0.4, 0.5) is 0 Å². The predicted molar refractivity (Wildman–Crippen MR) is 68.7 cm³/mol. The first-order valence-electron chi connectivity index (χ1n) is 5.02. The van der Waals surface area contributed by atoms with E-state index in [0.29, 0.717) is 16.3 Å². The summed E-state index contributed by atoms with van der Waals surface area (Å²) in [5, 5.41) is 9.86. The van der Waals surface area contributed by atoms with Crippen LogP contribution in [0.2, 0.25) is 0 Å². The smallest absolute Gasteiger partial charge is 0.336 e. The van der Waals surface area contributed by atoms with E-state index in [9.17, 15) is 18.3 Å². The molecule has 0 atom stereocenters. The van der Waals surface area contributed by atoms with Gasteiger partial charge in [-0.25, -0.2) is 13.2 Å². The Morgan fingerprint density at radius 3 is 2.39 bits per heavy atom. The second-order valence-corrected chi connectivity index (χ2v) is 6.39. The Morgan fingerprint density at radius 1 is 1.17 bits per heavy atom. The average molecular weight is 285 g/mol. The molecule has 2 rings (SSSR count). The fourth-order valence-electron chi connectivity index (χ4n) is 1.93. The molecule has 0 unspecified atom stereocenters. The second-order valence-electron chi connectivity index (χ2n) is 3.85. The standard InChI is InChI=1S/C12H9ClO4S/c1-7-5-6-8-9(11(7)12(14)15)3-2-4-10(8)18(13,16)17/h2-6H,1H3,(H,14,15). The van der Waals surface area contributed by atoms with Crippen LogP contribution in [0.5, 0.6) is 0 Å². The van der Waals surface area contributed by atoms with Crippen LogP contribution in [0.3, 0.4) is 0 Å². The van der Waals surface area contributed by atoms with E-state index < -0.39 is 15.0 Å². The quantitative estimate of drug-likeness (QED) is 0.861. The van der Waals surface area contributed by atoms with Gasteiger partial charge in [-0.3, -0.25) is 0 Å². The highest BCUT2D eigenvalue weighted by Gasteiger charge is 2.18. The Morgan fingerprint density at radius 2 is 1.83 bits per heavy atom. The molecule has 0 spiro atoms. The maximum Gasteiger partial charge on any atom is 0.336 e. The number of aromatic carboxylic acids is 1. The largest absolute Gasteiger partial charge is 0.478 e. The van der Waals surface area contributed by atoms with Gasteiger partial charge in [0.2, 0.25) is 0 Å². The molecule has 1 N–H and O–H groups in total. The summed E-state index contributed by atoms with van der Waals surface area (Å²) in [6, 6.07) is 7.52. The van der Waals surface area contributed by atoms with Gasteiger partial charge in [0.05, 0.1) is 10.5 Å². The summed E-state index contributed by atoms with van der Waals surface area (Å²) >= 11 is 0. The van der Waals surface area contributed by atoms with Crippen LogP contribution in [0.25, 0.3) is 10.8 Å². The van der Waals surface area contributed by atoms with Gasteiger partial charge in [-0.05, 0) is 23.9 Å². The molecule has 0 saturated heterocycles.